The molecule has 0 aromatic heterocycles. The number of cyclic esters (lactones) is 1. The number of fused-ring (bicyclic) bond motifs is 1. The lowest BCUT2D eigenvalue weighted by atomic mass is 9.79. The molecule has 4 heteroatoms. The zero-order valence-corrected chi connectivity index (χ0v) is 18.0. The van der Waals surface area contributed by atoms with Crippen LogP contribution in [0.4, 0.5) is 4.79 Å². The monoisotopic (exact) mass is 405 g/mol. The van der Waals surface area contributed by atoms with Gasteiger partial charge in [0.05, 0.1) is 12.6 Å². The molecule has 0 radical (unpaired) electrons. The lowest BCUT2D eigenvalue weighted by Crippen LogP contribution is -2.40. The van der Waals surface area contributed by atoms with Crippen molar-refractivity contribution in [2.45, 2.75) is 63.3 Å². The van der Waals surface area contributed by atoms with Gasteiger partial charge in [-0.05, 0) is 104 Å². The molecule has 3 aliphatic rings. The summed E-state index contributed by atoms with van der Waals surface area (Å²) >= 11 is 0. The van der Waals surface area contributed by atoms with E-state index in [2.05, 4.69) is 48.6 Å². The lowest BCUT2D eigenvalue weighted by molar-refractivity contribution is 0.172. The van der Waals surface area contributed by atoms with Crippen molar-refractivity contribution < 1.29 is 14.3 Å². The highest BCUT2D eigenvalue weighted by Gasteiger charge is 2.46. The zero-order valence-electron chi connectivity index (χ0n) is 18.0. The summed E-state index contributed by atoms with van der Waals surface area (Å²) in [5, 5.41) is 3.06. The Balaban J connectivity index is 1.26. The van der Waals surface area contributed by atoms with Crippen LogP contribution in [-0.4, -0.2) is 25.3 Å². The van der Waals surface area contributed by atoms with Crippen molar-refractivity contribution in [3.8, 4) is 5.75 Å². The second kappa shape index (κ2) is 7.64. The zero-order chi connectivity index (χ0) is 20.7. The normalized spacial score (nSPS) is 27.6. The molecule has 4 nitrogen and oxygen atoms in total. The summed E-state index contributed by atoms with van der Waals surface area (Å²) in [4.78, 5) is 11.5. The summed E-state index contributed by atoms with van der Waals surface area (Å²) in [5.41, 5.74) is 7.14. The van der Waals surface area contributed by atoms with Crippen LogP contribution in [0.25, 0.3) is 0 Å². The maximum atomic E-state index is 11.5. The van der Waals surface area contributed by atoms with Crippen LogP contribution >= 0.6 is 0 Å². The van der Waals surface area contributed by atoms with Crippen molar-refractivity contribution in [1.29, 1.82) is 0 Å². The van der Waals surface area contributed by atoms with Gasteiger partial charge in [0.2, 0.25) is 0 Å². The summed E-state index contributed by atoms with van der Waals surface area (Å²) in [7, 11) is 1.73. The van der Waals surface area contributed by atoms with Gasteiger partial charge in [0, 0.05) is 0 Å². The molecule has 1 unspecified atom stereocenters. The van der Waals surface area contributed by atoms with Gasteiger partial charge in [-0.25, -0.2) is 4.79 Å². The van der Waals surface area contributed by atoms with E-state index in [0.29, 0.717) is 18.4 Å². The van der Waals surface area contributed by atoms with Crippen molar-refractivity contribution in [2.75, 3.05) is 13.7 Å². The average molecular weight is 406 g/mol. The number of rotatable bonds is 4. The maximum absolute atomic E-state index is 11.5. The lowest BCUT2D eigenvalue weighted by Gasteiger charge is -2.27. The molecule has 1 saturated heterocycles. The summed E-state index contributed by atoms with van der Waals surface area (Å²) in [6, 6.07) is 13.6. The molecule has 30 heavy (non-hydrogen) atoms. The highest BCUT2D eigenvalue weighted by atomic mass is 16.6. The fraction of sp³-hybridized carbons (Fsp3) is 0.500. The van der Waals surface area contributed by atoms with Crippen LogP contribution in [0.3, 0.4) is 0 Å². The summed E-state index contributed by atoms with van der Waals surface area (Å²) in [5.74, 6) is 2.17. The maximum Gasteiger partial charge on any atom is 0.407 e. The van der Waals surface area contributed by atoms with Crippen LogP contribution in [0, 0.1) is 12.8 Å². The van der Waals surface area contributed by atoms with E-state index in [1.54, 1.807) is 7.11 Å². The van der Waals surface area contributed by atoms with E-state index in [0.717, 1.165) is 31.4 Å². The number of amides is 1. The third-order valence-electron chi connectivity index (χ3n) is 7.55. The van der Waals surface area contributed by atoms with Gasteiger partial charge in [-0.2, -0.15) is 0 Å². The second-order valence-electron chi connectivity index (χ2n) is 9.55. The summed E-state index contributed by atoms with van der Waals surface area (Å²) in [6.07, 6.45) is 7.62. The van der Waals surface area contributed by atoms with Crippen LogP contribution < -0.4 is 10.1 Å². The number of hydrogen-bond acceptors (Lipinski definition) is 3. The molecule has 158 valence electrons. The molecule has 1 amide bonds. The molecule has 5 rings (SSSR count). The third-order valence-corrected chi connectivity index (χ3v) is 7.55. The number of nitrogens with one attached hydrogen (secondary N) is 1. The molecule has 2 aliphatic carbocycles. The van der Waals surface area contributed by atoms with Crippen molar-refractivity contribution in [1.82, 2.24) is 5.32 Å². The largest absolute Gasteiger partial charge is 0.497 e. The molecular weight excluding hydrogens is 374 g/mol. The Morgan fingerprint density at radius 2 is 2.07 bits per heavy atom. The first-order chi connectivity index (χ1) is 14.5. The topological polar surface area (TPSA) is 47.6 Å². The average Bonchev–Trinajstić information content (AvgIpc) is 3.34. The Labute approximate surface area is 179 Å². The van der Waals surface area contributed by atoms with E-state index in [-0.39, 0.29) is 11.6 Å². The predicted octanol–water partition coefficient (Wildman–Crippen LogP) is 5.10. The number of methoxy groups -OCH3 is 1. The number of benzene rings is 2. The Morgan fingerprint density at radius 3 is 2.83 bits per heavy atom. The van der Waals surface area contributed by atoms with E-state index in [4.69, 9.17) is 9.47 Å². The van der Waals surface area contributed by atoms with Gasteiger partial charge >= 0.3 is 6.09 Å². The van der Waals surface area contributed by atoms with Crippen molar-refractivity contribution >= 4 is 6.09 Å². The molecule has 1 saturated carbocycles. The van der Waals surface area contributed by atoms with Gasteiger partial charge in [0.25, 0.3) is 0 Å². The molecular formula is C26H31NO3. The Bertz CT molecular complexity index is 969. The smallest absolute Gasteiger partial charge is 0.407 e. The van der Waals surface area contributed by atoms with Crippen molar-refractivity contribution in [2.24, 2.45) is 5.92 Å². The van der Waals surface area contributed by atoms with Crippen LogP contribution in [0.15, 0.2) is 36.4 Å². The number of ether oxygens (including phenoxy) is 2. The van der Waals surface area contributed by atoms with Crippen LogP contribution in [-0.2, 0) is 24.0 Å². The second-order valence-corrected chi connectivity index (χ2v) is 9.55. The number of hydrogen-bond donors (Lipinski definition) is 1. The highest BCUT2D eigenvalue weighted by Crippen LogP contribution is 2.43. The first-order valence-corrected chi connectivity index (χ1v) is 11.2. The fourth-order valence-corrected chi connectivity index (χ4v) is 5.76. The van der Waals surface area contributed by atoms with E-state index in [1.807, 2.05) is 0 Å². The summed E-state index contributed by atoms with van der Waals surface area (Å²) < 4.78 is 10.5. The van der Waals surface area contributed by atoms with Crippen molar-refractivity contribution in [3.63, 3.8) is 0 Å². The molecule has 1 N–H and O–H groups in total. The molecule has 2 aromatic rings. The van der Waals surface area contributed by atoms with Gasteiger partial charge in [-0.15, -0.1) is 0 Å². The molecule has 0 bridgehead atoms. The van der Waals surface area contributed by atoms with Crippen LogP contribution in [0.1, 0.15) is 59.4 Å². The van der Waals surface area contributed by atoms with Gasteiger partial charge < -0.3 is 14.8 Å². The molecule has 2 aromatic carbocycles. The molecule has 2 fully saturated rings. The highest BCUT2D eigenvalue weighted by molar-refractivity contribution is 5.70. The molecule has 1 aliphatic heterocycles. The van der Waals surface area contributed by atoms with Gasteiger partial charge in [-0.1, -0.05) is 24.3 Å². The van der Waals surface area contributed by atoms with Gasteiger partial charge in [-0.3, -0.25) is 0 Å². The van der Waals surface area contributed by atoms with Gasteiger partial charge in [0.15, 0.2) is 0 Å². The van der Waals surface area contributed by atoms with Crippen LogP contribution in [0.5, 0.6) is 5.75 Å². The minimum absolute atomic E-state index is 0.126. The Hall–Kier alpha value is -2.49. The minimum Gasteiger partial charge on any atom is -0.497 e. The standard InChI is InChI=1S/C26H31NO3/c1-17-11-24(29-2)8-7-19(17)12-18-3-4-21-14-22(6-5-20(21)13-18)23-9-10-26(15-23)16-30-25(28)27-26/h5-8,11,14,18,23H,3-4,9-10,12-13,15-16H2,1-2H3,(H,27,28)/t18-,23-,26?/m0/s1. The van der Waals surface area contributed by atoms with Gasteiger partial charge in [0.1, 0.15) is 12.4 Å². The number of carbonyl (C=O) groups is 1. The van der Waals surface area contributed by atoms with E-state index in [1.165, 1.54) is 47.1 Å². The molecule has 1 spiro atoms. The van der Waals surface area contributed by atoms with E-state index >= 15 is 0 Å². The first kappa shape index (κ1) is 19.5. The number of alkyl carbamates (subject to hydrolysis) is 1. The van der Waals surface area contributed by atoms with E-state index in [9.17, 15) is 4.79 Å². The predicted molar refractivity (Wildman–Crippen MR) is 117 cm³/mol. The quantitative estimate of drug-likeness (QED) is 0.770. The van der Waals surface area contributed by atoms with E-state index < -0.39 is 0 Å². The first-order valence-electron chi connectivity index (χ1n) is 11.2. The Morgan fingerprint density at radius 1 is 1.17 bits per heavy atom. The number of aryl methyl sites for hydroxylation is 2. The van der Waals surface area contributed by atoms with Crippen molar-refractivity contribution in [3.05, 3.63) is 64.2 Å². The Kier molecular flexibility index (Phi) is 4.96. The van der Waals surface area contributed by atoms with Crippen LogP contribution in [0.2, 0.25) is 0 Å². The molecule has 1 heterocycles. The SMILES string of the molecule is COc1ccc(C[C@@H]2CCc3cc([C@H]4CCC5(COC(=O)N5)C4)ccc3C2)c(C)c1. The number of carbonyl (C=O) groups excluding carboxylic acids is 1. The fourth-order valence-electron chi connectivity index (χ4n) is 5.76. The summed E-state index contributed by atoms with van der Waals surface area (Å²) in [6.45, 7) is 2.72. The molecule has 3 atom stereocenters. The third kappa shape index (κ3) is 3.68. The minimum atomic E-state index is -0.251.